The van der Waals surface area contributed by atoms with Gasteiger partial charge in [-0.25, -0.2) is 0 Å². The maximum Gasteiger partial charge on any atom is 0.417 e. The van der Waals surface area contributed by atoms with Gasteiger partial charge in [-0.15, -0.1) is 0 Å². The Morgan fingerprint density at radius 2 is 2.06 bits per heavy atom. The van der Waals surface area contributed by atoms with Gasteiger partial charge < -0.3 is 0 Å². The second-order valence-corrected chi connectivity index (χ2v) is 5.34. The van der Waals surface area contributed by atoms with Crippen molar-refractivity contribution in [2.24, 2.45) is 4.99 Å². The Bertz CT molecular complexity index is 494. The smallest absolute Gasteiger partial charge is 0.273 e. The van der Waals surface area contributed by atoms with Gasteiger partial charge in [0, 0.05) is 10.0 Å². The van der Waals surface area contributed by atoms with E-state index in [1.807, 2.05) is 22.6 Å². The van der Waals surface area contributed by atoms with Gasteiger partial charge in [-0.2, -0.15) is 13.2 Å². The Kier molecular flexibility index (Phi) is 3.07. The molecule has 1 aromatic rings. The fraction of sp³-hybridized carbons (Fsp3) is 0.300. The van der Waals surface area contributed by atoms with Crippen LogP contribution >= 0.6 is 38.5 Å². The summed E-state index contributed by atoms with van der Waals surface area (Å²) in [6.07, 6.45) is -4.34. The number of benzene rings is 1. The monoisotopic (exact) mass is 403 g/mol. The van der Waals surface area contributed by atoms with Gasteiger partial charge in [0.2, 0.25) is 0 Å². The SMILES string of the molecule is Cc1cc2c(c(Br)c1C(F)(F)F)C(I)=NC2. The number of halogens is 5. The van der Waals surface area contributed by atoms with Crippen LogP contribution in [0.15, 0.2) is 15.5 Å². The standard InChI is InChI=1S/C10H6BrF3IN/c1-4-2-5-3-16-9(15)6(5)8(11)7(4)10(12,13)14/h2H,3H2,1H3. The Labute approximate surface area is 112 Å². The highest BCUT2D eigenvalue weighted by atomic mass is 127. The molecule has 2 rings (SSSR count). The van der Waals surface area contributed by atoms with Gasteiger partial charge in [0.25, 0.3) is 0 Å². The van der Waals surface area contributed by atoms with E-state index in [-0.39, 0.29) is 10.0 Å². The first-order valence-corrected chi connectivity index (χ1v) is 6.29. The molecule has 0 radical (unpaired) electrons. The highest BCUT2D eigenvalue weighted by Crippen LogP contribution is 2.42. The molecule has 1 aliphatic heterocycles. The van der Waals surface area contributed by atoms with Gasteiger partial charge >= 0.3 is 6.18 Å². The average Bonchev–Trinajstić information content (AvgIpc) is 2.44. The summed E-state index contributed by atoms with van der Waals surface area (Å²) < 4.78 is 39.2. The van der Waals surface area contributed by atoms with Crippen molar-refractivity contribution >= 4 is 42.2 Å². The van der Waals surface area contributed by atoms with Gasteiger partial charge in [-0.1, -0.05) is 6.07 Å². The molecule has 1 heterocycles. The van der Waals surface area contributed by atoms with Crippen molar-refractivity contribution in [3.05, 3.63) is 32.8 Å². The van der Waals surface area contributed by atoms with Crippen molar-refractivity contribution < 1.29 is 13.2 Å². The van der Waals surface area contributed by atoms with Gasteiger partial charge in [-0.3, -0.25) is 4.99 Å². The van der Waals surface area contributed by atoms with Gasteiger partial charge in [-0.05, 0) is 56.6 Å². The summed E-state index contributed by atoms with van der Waals surface area (Å²) in [4.78, 5) is 4.14. The van der Waals surface area contributed by atoms with Crippen LogP contribution in [0.25, 0.3) is 0 Å². The molecule has 1 aromatic carbocycles. The Morgan fingerprint density at radius 3 is 2.62 bits per heavy atom. The van der Waals surface area contributed by atoms with Crippen LogP contribution in [0, 0.1) is 6.92 Å². The molecule has 0 bridgehead atoms. The van der Waals surface area contributed by atoms with E-state index in [4.69, 9.17) is 0 Å². The van der Waals surface area contributed by atoms with E-state index in [1.165, 1.54) is 6.92 Å². The van der Waals surface area contributed by atoms with Gasteiger partial charge in [0.15, 0.2) is 0 Å². The van der Waals surface area contributed by atoms with Crippen LogP contribution in [0.4, 0.5) is 13.2 Å². The molecule has 0 fully saturated rings. The van der Waals surface area contributed by atoms with E-state index in [1.54, 1.807) is 6.07 Å². The second kappa shape index (κ2) is 3.97. The van der Waals surface area contributed by atoms with Crippen molar-refractivity contribution in [1.29, 1.82) is 0 Å². The fourth-order valence-corrected chi connectivity index (χ4v) is 3.91. The minimum Gasteiger partial charge on any atom is -0.273 e. The molecular weight excluding hydrogens is 398 g/mol. The Morgan fingerprint density at radius 1 is 1.44 bits per heavy atom. The third kappa shape index (κ3) is 1.90. The maximum absolute atomic E-state index is 12.8. The number of alkyl halides is 3. The third-order valence-electron chi connectivity index (χ3n) is 2.42. The first-order chi connectivity index (χ1) is 7.32. The zero-order chi connectivity index (χ0) is 12.1. The Balaban J connectivity index is 2.74. The number of rotatable bonds is 0. The molecule has 0 spiro atoms. The average molecular weight is 404 g/mol. The summed E-state index contributed by atoms with van der Waals surface area (Å²) in [5.41, 5.74) is 1.07. The molecule has 0 aliphatic carbocycles. The normalized spacial score (nSPS) is 15.0. The molecule has 6 heteroatoms. The number of hydrogen-bond acceptors (Lipinski definition) is 1. The number of aryl methyl sites for hydroxylation is 1. The van der Waals surface area contributed by atoms with Crippen LogP contribution in [0.1, 0.15) is 22.3 Å². The topological polar surface area (TPSA) is 12.4 Å². The summed E-state index contributed by atoms with van der Waals surface area (Å²) in [6.45, 7) is 1.93. The summed E-state index contributed by atoms with van der Waals surface area (Å²) in [6, 6.07) is 1.57. The zero-order valence-corrected chi connectivity index (χ0v) is 11.9. The van der Waals surface area contributed by atoms with Gasteiger partial charge in [0.1, 0.15) is 3.72 Å². The van der Waals surface area contributed by atoms with Crippen molar-refractivity contribution in [3.63, 3.8) is 0 Å². The van der Waals surface area contributed by atoms with Crippen LogP contribution in [0.2, 0.25) is 0 Å². The maximum atomic E-state index is 12.8. The van der Waals surface area contributed by atoms with Crippen LogP contribution in [-0.2, 0) is 12.7 Å². The van der Waals surface area contributed by atoms with Gasteiger partial charge in [0.05, 0.1) is 12.1 Å². The molecule has 16 heavy (non-hydrogen) atoms. The second-order valence-electron chi connectivity index (χ2n) is 3.52. The summed E-state index contributed by atoms with van der Waals surface area (Å²) in [5, 5.41) is 0. The lowest BCUT2D eigenvalue weighted by molar-refractivity contribution is -0.138. The minimum atomic E-state index is -4.34. The number of nitrogens with zero attached hydrogens (tertiary/aromatic N) is 1. The minimum absolute atomic E-state index is 0.112. The van der Waals surface area contributed by atoms with E-state index in [0.29, 0.717) is 15.8 Å². The first-order valence-electron chi connectivity index (χ1n) is 4.42. The van der Waals surface area contributed by atoms with Crippen LogP contribution in [0.5, 0.6) is 0 Å². The lowest BCUT2D eigenvalue weighted by Crippen LogP contribution is -2.11. The van der Waals surface area contributed by atoms with Crippen molar-refractivity contribution in [2.75, 3.05) is 0 Å². The molecule has 0 aromatic heterocycles. The number of hydrogen-bond donors (Lipinski definition) is 0. The molecule has 86 valence electrons. The predicted octanol–water partition coefficient (Wildman–Crippen LogP) is 4.47. The summed E-state index contributed by atoms with van der Waals surface area (Å²) in [7, 11) is 0. The van der Waals surface area contributed by atoms with E-state index >= 15 is 0 Å². The van der Waals surface area contributed by atoms with Crippen LogP contribution in [-0.4, -0.2) is 3.72 Å². The largest absolute Gasteiger partial charge is 0.417 e. The van der Waals surface area contributed by atoms with Crippen molar-refractivity contribution in [1.82, 2.24) is 0 Å². The molecule has 0 saturated heterocycles. The quantitative estimate of drug-likeness (QED) is 0.567. The molecule has 0 N–H and O–H groups in total. The van der Waals surface area contributed by atoms with E-state index < -0.39 is 11.7 Å². The lowest BCUT2D eigenvalue weighted by atomic mass is 10.0. The zero-order valence-electron chi connectivity index (χ0n) is 8.12. The first kappa shape index (κ1) is 12.3. The van der Waals surface area contributed by atoms with Crippen LogP contribution < -0.4 is 0 Å². The molecular formula is C10H6BrF3IN. The summed E-state index contributed by atoms with van der Waals surface area (Å²) >= 11 is 5.01. The molecule has 0 unspecified atom stereocenters. The predicted molar refractivity (Wildman–Crippen MR) is 68.1 cm³/mol. The molecule has 0 saturated carbocycles. The fourth-order valence-electron chi connectivity index (χ4n) is 1.77. The van der Waals surface area contributed by atoms with Crippen molar-refractivity contribution in [2.45, 2.75) is 19.6 Å². The van der Waals surface area contributed by atoms with Crippen molar-refractivity contribution in [3.8, 4) is 0 Å². The van der Waals surface area contributed by atoms with Crippen LogP contribution in [0.3, 0.4) is 0 Å². The van der Waals surface area contributed by atoms with E-state index in [2.05, 4.69) is 20.9 Å². The van der Waals surface area contributed by atoms with E-state index in [9.17, 15) is 13.2 Å². The number of aliphatic imine (C=N–C) groups is 1. The molecule has 0 atom stereocenters. The highest BCUT2D eigenvalue weighted by molar-refractivity contribution is 14.1. The number of fused-ring (bicyclic) bond motifs is 1. The third-order valence-corrected chi connectivity index (χ3v) is 4.10. The summed E-state index contributed by atoms with van der Waals surface area (Å²) in [5.74, 6) is 0. The molecule has 0 amide bonds. The highest BCUT2D eigenvalue weighted by Gasteiger charge is 2.37. The lowest BCUT2D eigenvalue weighted by Gasteiger charge is -2.15. The molecule has 1 aliphatic rings. The Hall–Kier alpha value is -0.110. The molecule has 1 nitrogen and oxygen atoms in total. The van der Waals surface area contributed by atoms with E-state index in [0.717, 1.165) is 5.56 Å².